The number of fused-ring (bicyclic) bond motifs is 2. The van der Waals surface area contributed by atoms with Gasteiger partial charge in [0, 0.05) is 25.2 Å². The fraction of sp³-hybridized carbons (Fsp3) is 0.407. The summed E-state index contributed by atoms with van der Waals surface area (Å²) in [5.41, 5.74) is 2.95. The molecule has 0 aromatic heterocycles. The van der Waals surface area contributed by atoms with Gasteiger partial charge in [-0.2, -0.15) is 0 Å². The highest BCUT2D eigenvalue weighted by Gasteiger charge is 2.40. The average Bonchev–Trinajstić information content (AvgIpc) is 3.21. The van der Waals surface area contributed by atoms with Gasteiger partial charge in [0.15, 0.2) is 0 Å². The van der Waals surface area contributed by atoms with Crippen molar-refractivity contribution in [1.82, 2.24) is 9.80 Å². The third-order valence-electron chi connectivity index (χ3n) is 7.32. The fourth-order valence-corrected chi connectivity index (χ4v) is 5.65. The predicted octanol–water partition coefficient (Wildman–Crippen LogP) is 5.54. The molecule has 2 nitrogen and oxygen atoms in total. The van der Waals surface area contributed by atoms with Crippen LogP contribution in [0.3, 0.4) is 0 Å². The Labute approximate surface area is 175 Å². The van der Waals surface area contributed by atoms with Gasteiger partial charge in [-0.3, -0.25) is 4.90 Å². The van der Waals surface area contributed by atoms with Crippen LogP contribution in [0, 0.1) is 5.92 Å². The number of hydrogen-bond acceptors (Lipinski definition) is 2. The van der Waals surface area contributed by atoms with E-state index in [0.717, 1.165) is 12.3 Å². The van der Waals surface area contributed by atoms with Crippen molar-refractivity contribution in [2.24, 2.45) is 5.92 Å². The summed E-state index contributed by atoms with van der Waals surface area (Å²) in [7, 11) is 0. The maximum atomic E-state index is 2.81. The summed E-state index contributed by atoms with van der Waals surface area (Å²) in [5, 5.41) is 2.78. The first-order chi connectivity index (χ1) is 14.3. The molecule has 2 aliphatic heterocycles. The molecular formula is C27H32N2. The smallest absolute Gasteiger partial charge is 0.0329 e. The summed E-state index contributed by atoms with van der Waals surface area (Å²) in [4.78, 5) is 5.52. The summed E-state index contributed by atoms with van der Waals surface area (Å²) >= 11 is 0. The number of piperidine rings is 1. The molecule has 150 valence electrons. The minimum absolute atomic E-state index is 0.477. The predicted molar refractivity (Wildman–Crippen MR) is 122 cm³/mol. The topological polar surface area (TPSA) is 6.48 Å². The Morgan fingerprint density at radius 2 is 1.62 bits per heavy atom. The normalized spacial score (nSPS) is 23.9. The summed E-state index contributed by atoms with van der Waals surface area (Å²) in [6.07, 6.45) is 3.89. The molecule has 3 aromatic rings. The number of nitrogens with zero attached hydrogens (tertiary/aromatic N) is 2. The number of likely N-dealkylation sites (tertiary alicyclic amines) is 2. The van der Waals surface area contributed by atoms with E-state index in [4.69, 9.17) is 0 Å². The van der Waals surface area contributed by atoms with Gasteiger partial charge in [-0.05, 0) is 67.1 Å². The van der Waals surface area contributed by atoms with E-state index in [0.29, 0.717) is 12.1 Å². The molecule has 3 atom stereocenters. The van der Waals surface area contributed by atoms with Crippen molar-refractivity contribution in [2.75, 3.05) is 26.2 Å². The molecule has 1 unspecified atom stereocenters. The monoisotopic (exact) mass is 384 g/mol. The van der Waals surface area contributed by atoms with E-state index in [1.54, 1.807) is 0 Å². The Morgan fingerprint density at radius 3 is 2.52 bits per heavy atom. The Morgan fingerprint density at radius 1 is 0.862 bits per heavy atom. The summed E-state index contributed by atoms with van der Waals surface area (Å²) in [6.45, 7) is 7.35. The van der Waals surface area contributed by atoms with Crippen LogP contribution in [0.2, 0.25) is 0 Å². The van der Waals surface area contributed by atoms with Gasteiger partial charge in [0.05, 0.1) is 0 Å². The van der Waals surface area contributed by atoms with Crippen molar-refractivity contribution in [3.05, 3.63) is 83.9 Å². The molecule has 0 bridgehead atoms. The van der Waals surface area contributed by atoms with Crippen LogP contribution in [0.1, 0.15) is 36.9 Å². The second-order valence-electron chi connectivity index (χ2n) is 8.92. The van der Waals surface area contributed by atoms with Gasteiger partial charge in [0.25, 0.3) is 0 Å². The van der Waals surface area contributed by atoms with Crippen molar-refractivity contribution in [3.63, 3.8) is 0 Å². The van der Waals surface area contributed by atoms with Crippen LogP contribution in [0.25, 0.3) is 10.8 Å². The lowest BCUT2D eigenvalue weighted by molar-refractivity contribution is 0.0839. The molecule has 5 rings (SSSR count). The molecule has 2 saturated heterocycles. The van der Waals surface area contributed by atoms with E-state index in [2.05, 4.69) is 89.5 Å². The molecule has 0 aliphatic carbocycles. The van der Waals surface area contributed by atoms with E-state index in [-0.39, 0.29) is 0 Å². The van der Waals surface area contributed by atoms with Crippen molar-refractivity contribution < 1.29 is 0 Å². The highest BCUT2D eigenvalue weighted by molar-refractivity contribution is 5.86. The molecule has 0 spiro atoms. The zero-order valence-electron chi connectivity index (χ0n) is 17.5. The van der Waals surface area contributed by atoms with Gasteiger partial charge in [-0.15, -0.1) is 0 Å². The first kappa shape index (κ1) is 18.8. The standard InChI is InChI=1S/C27H32N2/c1-21(25-13-7-11-23-10-5-6-12-26(23)25)29-19-16-24-15-18-28(20-27(24)29)17-14-22-8-3-2-4-9-22/h2-13,21,24,27H,14-20H2,1H3/t21-,24-,27?/m1/s1. The second-order valence-corrected chi connectivity index (χ2v) is 8.92. The first-order valence-corrected chi connectivity index (χ1v) is 11.3. The van der Waals surface area contributed by atoms with Crippen LogP contribution in [0.15, 0.2) is 72.8 Å². The van der Waals surface area contributed by atoms with Crippen LogP contribution in [0.4, 0.5) is 0 Å². The molecule has 0 N–H and O–H groups in total. The van der Waals surface area contributed by atoms with E-state index in [1.807, 2.05) is 0 Å². The summed E-state index contributed by atoms with van der Waals surface area (Å²) in [5.74, 6) is 0.875. The Kier molecular flexibility index (Phi) is 5.39. The van der Waals surface area contributed by atoms with Crippen molar-refractivity contribution in [3.8, 4) is 0 Å². The molecule has 2 heterocycles. The Bertz CT molecular complexity index is 946. The minimum Gasteiger partial charge on any atom is -0.301 e. The van der Waals surface area contributed by atoms with Crippen LogP contribution < -0.4 is 0 Å². The molecule has 0 radical (unpaired) electrons. The van der Waals surface area contributed by atoms with Gasteiger partial charge in [0.1, 0.15) is 0 Å². The average molecular weight is 385 g/mol. The molecule has 0 saturated carbocycles. The maximum Gasteiger partial charge on any atom is 0.0329 e. The van der Waals surface area contributed by atoms with E-state index in [9.17, 15) is 0 Å². The maximum absolute atomic E-state index is 2.81. The van der Waals surface area contributed by atoms with Crippen LogP contribution in [-0.2, 0) is 6.42 Å². The quantitative estimate of drug-likeness (QED) is 0.570. The molecular weight excluding hydrogens is 352 g/mol. The molecule has 2 aliphatic rings. The number of rotatable bonds is 5. The van der Waals surface area contributed by atoms with E-state index in [1.165, 1.54) is 60.9 Å². The molecule has 2 fully saturated rings. The van der Waals surface area contributed by atoms with E-state index < -0.39 is 0 Å². The largest absolute Gasteiger partial charge is 0.301 e. The van der Waals surface area contributed by atoms with Gasteiger partial charge in [-0.1, -0.05) is 72.8 Å². The lowest BCUT2D eigenvalue weighted by Crippen LogP contribution is -2.49. The van der Waals surface area contributed by atoms with Crippen molar-refractivity contribution in [1.29, 1.82) is 0 Å². The lowest BCUT2D eigenvalue weighted by Gasteiger charge is -2.41. The molecule has 2 heteroatoms. The fourth-order valence-electron chi connectivity index (χ4n) is 5.65. The SMILES string of the molecule is C[C@H](c1cccc2ccccc12)N1CC[C@H]2CCN(CCc3ccccc3)CC21. The zero-order chi connectivity index (χ0) is 19.6. The Hall–Kier alpha value is -2.16. The highest BCUT2D eigenvalue weighted by atomic mass is 15.3. The molecule has 29 heavy (non-hydrogen) atoms. The molecule has 3 aromatic carbocycles. The third-order valence-corrected chi connectivity index (χ3v) is 7.32. The minimum atomic E-state index is 0.477. The third kappa shape index (κ3) is 3.84. The van der Waals surface area contributed by atoms with Gasteiger partial charge < -0.3 is 4.90 Å². The number of hydrogen-bond donors (Lipinski definition) is 0. The lowest BCUT2D eigenvalue weighted by atomic mass is 9.91. The second kappa shape index (κ2) is 8.30. The van der Waals surface area contributed by atoms with Gasteiger partial charge in [0.2, 0.25) is 0 Å². The Balaban J connectivity index is 1.31. The first-order valence-electron chi connectivity index (χ1n) is 11.3. The summed E-state index contributed by atoms with van der Waals surface area (Å²) in [6, 6.07) is 27.8. The van der Waals surface area contributed by atoms with Gasteiger partial charge >= 0.3 is 0 Å². The van der Waals surface area contributed by atoms with Gasteiger partial charge in [-0.25, -0.2) is 0 Å². The molecule has 0 amide bonds. The summed E-state index contributed by atoms with van der Waals surface area (Å²) < 4.78 is 0. The van der Waals surface area contributed by atoms with Crippen LogP contribution >= 0.6 is 0 Å². The number of benzene rings is 3. The van der Waals surface area contributed by atoms with Crippen molar-refractivity contribution >= 4 is 10.8 Å². The van der Waals surface area contributed by atoms with Crippen LogP contribution in [-0.4, -0.2) is 42.0 Å². The van der Waals surface area contributed by atoms with Crippen LogP contribution in [0.5, 0.6) is 0 Å². The van der Waals surface area contributed by atoms with E-state index >= 15 is 0 Å². The zero-order valence-corrected chi connectivity index (χ0v) is 17.5. The highest BCUT2D eigenvalue weighted by Crippen LogP contribution is 2.38. The van der Waals surface area contributed by atoms with Crippen molar-refractivity contribution in [2.45, 2.75) is 38.3 Å².